The Balaban J connectivity index is 1.65. The molecule has 1 saturated heterocycles. The molecular weight excluding hydrogens is 391 g/mol. The van der Waals surface area contributed by atoms with E-state index >= 15 is 0 Å². The Morgan fingerprint density at radius 2 is 1.62 bits per heavy atom. The van der Waals surface area contributed by atoms with Gasteiger partial charge in [0.2, 0.25) is 5.91 Å². The molecule has 29 heavy (non-hydrogen) atoms. The van der Waals surface area contributed by atoms with Crippen LogP contribution in [0.25, 0.3) is 0 Å². The third-order valence-corrected chi connectivity index (χ3v) is 7.47. The van der Waals surface area contributed by atoms with Crippen LogP contribution in [0.3, 0.4) is 0 Å². The molecule has 1 fully saturated rings. The highest BCUT2D eigenvalue weighted by Crippen LogP contribution is 2.22. The standard InChI is InChI=1S/C22H27FN2O3S/c1-17(29(27,28)21-12-8-19(23)9-13-21)22(26)24(2)16-18-6-10-20(11-7-18)25-14-4-3-5-15-25/h6-13,17H,3-5,14-16H2,1-2H3/t17-/m1/s1. The molecule has 2 aromatic rings. The van der Waals surface area contributed by atoms with Crippen LogP contribution >= 0.6 is 0 Å². The van der Waals surface area contributed by atoms with Crippen molar-refractivity contribution in [2.75, 3.05) is 25.0 Å². The number of benzene rings is 2. The lowest BCUT2D eigenvalue weighted by Gasteiger charge is -2.29. The molecule has 156 valence electrons. The maximum atomic E-state index is 13.1. The summed E-state index contributed by atoms with van der Waals surface area (Å²) in [6, 6.07) is 12.6. The van der Waals surface area contributed by atoms with E-state index in [4.69, 9.17) is 0 Å². The second-order valence-electron chi connectivity index (χ2n) is 7.55. The van der Waals surface area contributed by atoms with E-state index in [0.717, 1.165) is 30.8 Å². The molecule has 1 heterocycles. The number of halogens is 1. The fourth-order valence-electron chi connectivity index (χ4n) is 3.59. The highest BCUT2D eigenvalue weighted by molar-refractivity contribution is 7.92. The van der Waals surface area contributed by atoms with Gasteiger partial charge in [0.1, 0.15) is 11.1 Å². The number of rotatable bonds is 6. The van der Waals surface area contributed by atoms with Gasteiger partial charge in [0.15, 0.2) is 9.84 Å². The third kappa shape index (κ3) is 4.96. The summed E-state index contributed by atoms with van der Waals surface area (Å²) in [4.78, 5) is 16.4. The fraction of sp³-hybridized carbons (Fsp3) is 0.409. The molecule has 0 spiro atoms. The average molecular weight is 419 g/mol. The van der Waals surface area contributed by atoms with Crippen LogP contribution in [0, 0.1) is 5.82 Å². The molecule has 1 amide bonds. The van der Waals surface area contributed by atoms with Crippen LogP contribution in [0.15, 0.2) is 53.4 Å². The number of carbonyl (C=O) groups excluding carboxylic acids is 1. The fourth-order valence-corrected chi connectivity index (χ4v) is 4.96. The minimum absolute atomic E-state index is 0.0564. The van der Waals surface area contributed by atoms with Crippen LogP contribution in [0.4, 0.5) is 10.1 Å². The molecule has 0 radical (unpaired) electrons. The largest absolute Gasteiger partial charge is 0.372 e. The Hall–Kier alpha value is -2.41. The molecule has 0 bridgehead atoms. The molecule has 0 aliphatic carbocycles. The summed E-state index contributed by atoms with van der Waals surface area (Å²) < 4.78 is 38.5. The predicted octanol–water partition coefficient (Wildman–Crippen LogP) is 3.64. The lowest BCUT2D eigenvalue weighted by Crippen LogP contribution is -2.39. The van der Waals surface area contributed by atoms with Crippen molar-refractivity contribution in [3.05, 3.63) is 59.9 Å². The molecular formula is C22H27FN2O3S. The van der Waals surface area contributed by atoms with Gasteiger partial charge in [-0.15, -0.1) is 0 Å². The molecule has 5 nitrogen and oxygen atoms in total. The quantitative estimate of drug-likeness (QED) is 0.672. The predicted molar refractivity (Wildman–Crippen MR) is 112 cm³/mol. The second kappa shape index (κ2) is 8.95. The zero-order valence-electron chi connectivity index (χ0n) is 16.8. The summed E-state index contributed by atoms with van der Waals surface area (Å²) in [6.45, 7) is 3.83. The zero-order chi connectivity index (χ0) is 21.0. The van der Waals surface area contributed by atoms with E-state index in [1.807, 2.05) is 12.1 Å². The maximum Gasteiger partial charge on any atom is 0.241 e. The molecule has 1 atom stereocenters. The van der Waals surface area contributed by atoms with E-state index < -0.39 is 26.8 Å². The Morgan fingerprint density at radius 1 is 1.03 bits per heavy atom. The van der Waals surface area contributed by atoms with Crippen LogP contribution < -0.4 is 4.90 Å². The summed E-state index contributed by atoms with van der Waals surface area (Å²) >= 11 is 0. The van der Waals surface area contributed by atoms with Crippen LogP contribution in [0.5, 0.6) is 0 Å². The zero-order valence-corrected chi connectivity index (χ0v) is 17.7. The Bertz CT molecular complexity index is 937. The van der Waals surface area contributed by atoms with Crippen molar-refractivity contribution >= 4 is 21.4 Å². The van der Waals surface area contributed by atoms with Crippen LogP contribution in [0.1, 0.15) is 31.7 Å². The van der Waals surface area contributed by atoms with Gasteiger partial charge in [-0.2, -0.15) is 0 Å². The first-order chi connectivity index (χ1) is 13.8. The van der Waals surface area contributed by atoms with Crippen molar-refractivity contribution in [2.45, 2.75) is 42.9 Å². The van der Waals surface area contributed by atoms with Gasteiger partial charge >= 0.3 is 0 Å². The Morgan fingerprint density at radius 3 is 2.21 bits per heavy atom. The topological polar surface area (TPSA) is 57.7 Å². The average Bonchev–Trinajstić information content (AvgIpc) is 2.74. The summed E-state index contributed by atoms with van der Waals surface area (Å²) in [5, 5.41) is -1.24. The molecule has 0 unspecified atom stereocenters. The smallest absolute Gasteiger partial charge is 0.241 e. The van der Waals surface area contributed by atoms with E-state index in [-0.39, 0.29) is 4.90 Å². The van der Waals surface area contributed by atoms with Crippen LogP contribution in [0.2, 0.25) is 0 Å². The summed E-state index contributed by atoms with van der Waals surface area (Å²) in [7, 11) is -2.28. The van der Waals surface area contributed by atoms with E-state index in [9.17, 15) is 17.6 Å². The molecule has 1 aliphatic rings. The van der Waals surface area contributed by atoms with Crippen molar-refractivity contribution in [1.29, 1.82) is 0 Å². The molecule has 7 heteroatoms. The summed E-state index contributed by atoms with van der Waals surface area (Å²) in [6.07, 6.45) is 3.69. The van der Waals surface area contributed by atoms with Crippen molar-refractivity contribution in [3.63, 3.8) is 0 Å². The molecule has 0 saturated carbocycles. The van der Waals surface area contributed by atoms with Gasteiger partial charge in [0.25, 0.3) is 0 Å². The van der Waals surface area contributed by atoms with E-state index in [2.05, 4.69) is 17.0 Å². The lowest BCUT2D eigenvalue weighted by molar-refractivity contribution is -0.129. The van der Waals surface area contributed by atoms with Crippen molar-refractivity contribution in [1.82, 2.24) is 4.90 Å². The number of hydrogen-bond acceptors (Lipinski definition) is 4. The lowest BCUT2D eigenvalue weighted by atomic mass is 10.1. The Kier molecular flexibility index (Phi) is 6.57. The maximum absolute atomic E-state index is 13.1. The summed E-state index contributed by atoms with van der Waals surface area (Å²) in [5.74, 6) is -1.01. The number of sulfone groups is 1. The SMILES string of the molecule is C[C@H](C(=O)N(C)Cc1ccc(N2CCCCC2)cc1)S(=O)(=O)c1ccc(F)cc1. The minimum atomic E-state index is -3.88. The van der Waals surface area contributed by atoms with Crippen LogP contribution in [-0.4, -0.2) is 44.6 Å². The number of piperidine rings is 1. The number of hydrogen-bond donors (Lipinski definition) is 0. The normalized spacial score (nSPS) is 15.8. The van der Waals surface area contributed by atoms with Crippen molar-refractivity contribution in [3.8, 4) is 0 Å². The number of carbonyl (C=O) groups is 1. The minimum Gasteiger partial charge on any atom is -0.372 e. The number of anilines is 1. The molecule has 3 rings (SSSR count). The third-order valence-electron chi connectivity index (χ3n) is 5.41. The molecule has 0 N–H and O–H groups in total. The molecule has 1 aliphatic heterocycles. The Labute approximate surface area is 172 Å². The highest BCUT2D eigenvalue weighted by atomic mass is 32.2. The second-order valence-corrected chi connectivity index (χ2v) is 9.82. The van der Waals surface area contributed by atoms with Gasteiger partial charge in [0, 0.05) is 32.4 Å². The first-order valence-corrected chi connectivity index (χ1v) is 11.4. The van der Waals surface area contributed by atoms with Crippen molar-refractivity contribution < 1.29 is 17.6 Å². The molecule has 2 aromatic carbocycles. The van der Waals surface area contributed by atoms with Gasteiger partial charge in [-0.3, -0.25) is 4.79 Å². The monoisotopic (exact) mass is 418 g/mol. The highest BCUT2D eigenvalue weighted by Gasteiger charge is 2.31. The van der Waals surface area contributed by atoms with Gasteiger partial charge in [-0.25, -0.2) is 12.8 Å². The first kappa shape index (κ1) is 21.3. The first-order valence-electron chi connectivity index (χ1n) is 9.87. The van der Waals surface area contributed by atoms with Gasteiger partial charge < -0.3 is 9.80 Å². The van der Waals surface area contributed by atoms with Gasteiger partial charge in [0.05, 0.1) is 4.90 Å². The summed E-state index contributed by atoms with van der Waals surface area (Å²) in [5.41, 5.74) is 2.11. The number of nitrogens with zero attached hydrogens (tertiary/aromatic N) is 2. The van der Waals surface area contributed by atoms with Crippen molar-refractivity contribution in [2.24, 2.45) is 0 Å². The van der Waals surface area contributed by atoms with Gasteiger partial charge in [-0.1, -0.05) is 12.1 Å². The van der Waals surface area contributed by atoms with Gasteiger partial charge in [-0.05, 0) is 68.1 Å². The van der Waals surface area contributed by atoms with E-state index in [1.54, 1.807) is 7.05 Å². The van der Waals surface area contributed by atoms with E-state index in [0.29, 0.717) is 6.54 Å². The number of amides is 1. The molecule has 0 aromatic heterocycles. The van der Waals surface area contributed by atoms with Crippen LogP contribution in [-0.2, 0) is 21.2 Å². The van der Waals surface area contributed by atoms with E-state index in [1.165, 1.54) is 48.9 Å².